The van der Waals surface area contributed by atoms with Gasteiger partial charge in [-0.2, -0.15) is 0 Å². The van der Waals surface area contributed by atoms with Crippen LogP contribution in [0.3, 0.4) is 0 Å². The lowest BCUT2D eigenvalue weighted by Gasteiger charge is -2.22. The number of nitrogens with one attached hydrogen (secondary N) is 2. The highest BCUT2D eigenvalue weighted by atomic mass is 19.1. The zero-order chi connectivity index (χ0) is 19.5. The van der Waals surface area contributed by atoms with Gasteiger partial charge in [0.25, 0.3) is 0 Å². The maximum absolute atomic E-state index is 13.1. The molecule has 3 aromatic rings. The third-order valence-electron chi connectivity index (χ3n) is 4.53. The topological polar surface area (TPSA) is 70.2 Å². The average Bonchev–Trinajstić information content (AvgIpc) is 2.91. The average molecular weight is 377 g/mol. The lowest BCUT2D eigenvalue weighted by molar-refractivity contribution is 0.256. The fourth-order valence-corrected chi connectivity index (χ4v) is 3.15. The molecule has 0 spiro atoms. The summed E-state index contributed by atoms with van der Waals surface area (Å²) in [6.07, 6.45) is 1.85. The van der Waals surface area contributed by atoms with Crippen LogP contribution in [0, 0.1) is 12.7 Å². The van der Waals surface area contributed by atoms with Crippen LogP contribution in [0.1, 0.15) is 12.0 Å². The van der Waals surface area contributed by atoms with Gasteiger partial charge in [-0.15, -0.1) is 0 Å². The first-order valence-corrected chi connectivity index (χ1v) is 9.12. The molecule has 0 atom stereocenters. The van der Waals surface area contributed by atoms with Crippen LogP contribution in [0.25, 0.3) is 11.3 Å². The van der Waals surface area contributed by atoms with Crippen LogP contribution >= 0.6 is 0 Å². The number of carbonyl (C=O) groups is 1. The Labute approximate surface area is 162 Å². The predicted molar refractivity (Wildman–Crippen MR) is 108 cm³/mol. The van der Waals surface area contributed by atoms with Crippen molar-refractivity contribution in [1.82, 2.24) is 9.97 Å². The zero-order valence-electron chi connectivity index (χ0n) is 15.4. The Morgan fingerprint density at radius 2 is 2.11 bits per heavy atom. The van der Waals surface area contributed by atoms with Gasteiger partial charge in [0.15, 0.2) is 5.82 Å². The fourth-order valence-electron chi connectivity index (χ4n) is 3.15. The number of fused-ring (bicyclic) bond motifs is 1. The first-order valence-electron chi connectivity index (χ1n) is 9.12. The van der Waals surface area contributed by atoms with E-state index < -0.39 is 5.82 Å². The molecule has 2 aromatic heterocycles. The Morgan fingerprint density at radius 3 is 2.89 bits per heavy atom. The van der Waals surface area contributed by atoms with Crippen LogP contribution in [0.4, 0.5) is 26.5 Å². The molecule has 2 N–H and O–H groups in total. The van der Waals surface area contributed by atoms with Crippen LogP contribution in [0.5, 0.6) is 0 Å². The van der Waals surface area contributed by atoms with Crippen LogP contribution in [0.2, 0.25) is 0 Å². The summed E-state index contributed by atoms with van der Waals surface area (Å²) in [4.78, 5) is 23.1. The molecule has 6 nitrogen and oxygen atoms in total. The third-order valence-corrected chi connectivity index (χ3v) is 4.53. The van der Waals surface area contributed by atoms with Crippen molar-refractivity contribution in [2.45, 2.75) is 13.3 Å². The monoisotopic (exact) mass is 377 g/mol. The van der Waals surface area contributed by atoms with Crippen molar-refractivity contribution in [1.29, 1.82) is 0 Å². The molecule has 3 heterocycles. The molecule has 1 aromatic carbocycles. The van der Waals surface area contributed by atoms with Crippen molar-refractivity contribution in [2.75, 3.05) is 28.6 Å². The van der Waals surface area contributed by atoms with E-state index in [-0.39, 0.29) is 6.03 Å². The smallest absolute Gasteiger partial charge is 0.328 e. The summed E-state index contributed by atoms with van der Waals surface area (Å²) in [6, 6.07) is 14.3. The number of carbonyl (C=O) groups excluding carboxylic acids is 1. The molecule has 0 radical (unpaired) electrons. The summed E-state index contributed by atoms with van der Waals surface area (Å²) in [5, 5.41) is 6.04. The van der Waals surface area contributed by atoms with Gasteiger partial charge in [0.2, 0.25) is 0 Å². The van der Waals surface area contributed by atoms with Crippen molar-refractivity contribution in [3.8, 4) is 11.3 Å². The molecule has 1 aliphatic heterocycles. The van der Waals surface area contributed by atoms with Gasteiger partial charge in [-0.3, -0.25) is 10.2 Å². The molecule has 4 rings (SSSR count). The van der Waals surface area contributed by atoms with Gasteiger partial charge in [-0.1, -0.05) is 23.8 Å². The molecular weight excluding hydrogens is 357 g/mol. The normalized spacial score (nSPS) is 13.3. The Hall–Kier alpha value is -3.48. The van der Waals surface area contributed by atoms with E-state index in [0.717, 1.165) is 41.7 Å². The molecule has 0 unspecified atom stereocenters. The maximum Gasteiger partial charge on any atom is 0.328 e. The van der Waals surface area contributed by atoms with Crippen molar-refractivity contribution in [3.63, 3.8) is 0 Å². The number of amides is 2. The molecule has 142 valence electrons. The quantitative estimate of drug-likeness (QED) is 0.692. The van der Waals surface area contributed by atoms with E-state index in [2.05, 4.69) is 21.7 Å². The summed E-state index contributed by atoms with van der Waals surface area (Å²) in [5.74, 6) is 0.405. The van der Waals surface area contributed by atoms with Gasteiger partial charge < -0.3 is 5.32 Å². The Kier molecular flexibility index (Phi) is 4.89. The van der Waals surface area contributed by atoms with Gasteiger partial charge in [0.1, 0.15) is 11.6 Å². The highest BCUT2D eigenvalue weighted by molar-refractivity contribution is 6.02. The number of pyridine rings is 2. The number of rotatable bonds is 2. The third kappa shape index (κ3) is 3.78. The summed E-state index contributed by atoms with van der Waals surface area (Å²) in [5.41, 5.74) is 3.73. The largest absolute Gasteiger partial charge is 0.382 e. The lowest BCUT2D eigenvalue weighted by atomic mass is 10.1. The number of urea groups is 1. The lowest BCUT2D eigenvalue weighted by Crippen LogP contribution is -2.36. The summed E-state index contributed by atoms with van der Waals surface area (Å²) in [6.45, 7) is 3.29. The molecule has 0 fully saturated rings. The van der Waals surface area contributed by atoms with Crippen molar-refractivity contribution < 1.29 is 9.18 Å². The molecular formula is C21H20FN5O. The number of nitrogens with zero attached hydrogens (tertiary/aromatic N) is 3. The fraction of sp³-hybridized carbons (Fsp3) is 0.190. The van der Waals surface area contributed by atoms with E-state index in [0.29, 0.717) is 18.2 Å². The van der Waals surface area contributed by atoms with E-state index in [1.165, 1.54) is 12.1 Å². The first kappa shape index (κ1) is 17.9. The van der Waals surface area contributed by atoms with E-state index in [1.54, 1.807) is 4.90 Å². The van der Waals surface area contributed by atoms with E-state index in [1.807, 2.05) is 37.3 Å². The molecule has 0 aliphatic carbocycles. The molecule has 0 saturated heterocycles. The van der Waals surface area contributed by atoms with Crippen LogP contribution in [-0.2, 0) is 0 Å². The van der Waals surface area contributed by atoms with Crippen molar-refractivity contribution in [3.05, 3.63) is 66.1 Å². The Balaban J connectivity index is 1.67. The van der Waals surface area contributed by atoms with Crippen molar-refractivity contribution >= 4 is 23.4 Å². The highest BCUT2D eigenvalue weighted by Crippen LogP contribution is 2.30. The SMILES string of the molecule is Cc1cccc(-c2ccc3c(n2)N(C(=O)Nc2ccc(F)cn2)CCCN3)c1. The maximum atomic E-state index is 13.1. The minimum Gasteiger partial charge on any atom is -0.382 e. The van der Waals surface area contributed by atoms with Crippen molar-refractivity contribution in [2.24, 2.45) is 0 Å². The number of aromatic nitrogens is 2. The second kappa shape index (κ2) is 7.64. The second-order valence-electron chi connectivity index (χ2n) is 6.66. The van der Waals surface area contributed by atoms with Gasteiger partial charge in [-0.05, 0) is 43.7 Å². The minimum atomic E-state index is -0.452. The first-order chi connectivity index (χ1) is 13.6. The van der Waals surface area contributed by atoms with Crippen LogP contribution in [0.15, 0.2) is 54.7 Å². The predicted octanol–water partition coefficient (Wildman–Crippen LogP) is 4.45. The van der Waals surface area contributed by atoms with Gasteiger partial charge >= 0.3 is 6.03 Å². The van der Waals surface area contributed by atoms with Gasteiger partial charge in [0.05, 0.1) is 17.6 Å². The number of hydrogen-bond donors (Lipinski definition) is 2. The van der Waals surface area contributed by atoms with Crippen LogP contribution in [-0.4, -0.2) is 29.1 Å². The van der Waals surface area contributed by atoms with Gasteiger partial charge in [0, 0.05) is 18.7 Å². The second-order valence-corrected chi connectivity index (χ2v) is 6.66. The molecule has 7 heteroatoms. The molecule has 1 aliphatic rings. The van der Waals surface area contributed by atoms with Gasteiger partial charge in [-0.25, -0.2) is 19.2 Å². The van der Waals surface area contributed by atoms with Crippen LogP contribution < -0.4 is 15.5 Å². The number of halogens is 1. The molecule has 2 amide bonds. The zero-order valence-corrected chi connectivity index (χ0v) is 15.4. The highest BCUT2D eigenvalue weighted by Gasteiger charge is 2.23. The molecule has 0 saturated carbocycles. The molecule has 0 bridgehead atoms. The Morgan fingerprint density at radius 1 is 1.21 bits per heavy atom. The summed E-state index contributed by atoms with van der Waals surface area (Å²) >= 11 is 0. The molecule has 28 heavy (non-hydrogen) atoms. The number of aryl methyl sites for hydroxylation is 1. The number of hydrogen-bond acceptors (Lipinski definition) is 4. The number of benzene rings is 1. The number of anilines is 3. The summed E-state index contributed by atoms with van der Waals surface area (Å²) in [7, 11) is 0. The van der Waals surface area contributed by atoms with E-state index in [4.69, 9.17) is 4.98 Å². The van der Waals surface area contributed by atoms with E-state index in [9.17, 15) is 9.18 Å². The Bertz CT molecular complexity index is 1010. The summed E-state index contributed by atoms with van der Waals surface area (Å²) < 4.78 is 13.1. The van der Waals surface area contributed by atoms with E-state index >= 15 is 0 Å². The minimum absolute atomic E-state index is 0.292. The standard InChI is InChI=1S/C21H20FN5O/c1-14-4-2-5-15(12-14)17-7-8-18-20(25-17)27(11-3-10-23-18)21(28)26-19-9-6-16(22)13-24-19/h2,4-9,12-13,23H,3,10-11H2,1H3,(H,24,26,28).